The number of carbonyl (C=O) groups excluding carboxylic acids is 2. The first-order valence-electron chi connectivity index (χ1n) is 10.8. The number of methoxy groups -OCH3 is 1. The zero-order chi connectivity index (χ0) is 21.5. The van der Waals surface area contributed by atoms with Crippen molar-refractivity contribution in [2.75, 3.05) is 46.4 Å². The van der Waals surface area contributed by atoms with Crippen molar-refractivity contribution in [1.82, 2.24) is 15.1 Å². The van der Waals surface area contributed by atoms with Crippen LogP contribution in [0.5, 0.6) is 0 Å². The molecule has 1 heterocycles. The topological polar surface area (TPSA) is 61.9 Å². The van der Waals surface area contributed by atoms with Crippen LogP contribution < -0.4 is 5.32 Å². The van der Waals surface area contributed by atoms with Crippen LogP contribution in [0.3, 0.4) is 0 Å². The first kappa shape index (κ1) is 23.3. The summed E-state index contributed by atoms with van der Waals surface area (Å²) in [5.74, 6) is 0.460. The molecular weight excluding hydrogens is 425 g/mol. The Hall–Kier alpha value is -1.34. The summed E-state index contributed by atoms with van der Waals surface area (Å²) in [6.45, 7) is 3.85. The van der Waals surface area contributed by atoms with E-state index in [9.17, 15) is 9.59 Å². The Morgan fingerprint density at radius 3 is 2.47 bits per heavy atom. The molecule has 1 aromatic rings. The molecule has 1 aliphatic carbocycles. The van der Waals surface area contributed by atoms with Gasteiger partial charge in [0.2, 0.25) is 5.91 Å². The molecule has 2 amide bonds. The Balaban J connectivity index is 1.59. The van der Waals surface area contributed by atoms with E-state index in [1.165, 1.54) is 12.8 Å². The number of nitrogens with one attached hydrogen (secondary N) is 1. The SMILES string of the molecule is COCCCNC(=O)C(C1CCCC1)N1CCN(C(=O)c2ccc(Cl)c(Cl)c2)CC1. The summed E-state index contributed by atoms with van der Waals surface area (Å²) in [6, 6.07) is 4.86. The lowest BCUT2D eigenvalue weighted by molar-refractivity contribution is -0.129. The number of amides is 2. The van der Waals surface area contributed by atoms with Crippen molar-refractivity contribution >= 4 is 35.0 Å². The van der Waals surface area contributed by atoms with Gasteiger partial charge in [-0.05, 0) is 43.4 Å². The van der Waals surface area contributed by atoms with Crippen LogP contribution in [0.2, 0.25) is 10.0 Å². The van der Waals surface area contributed by atoms with E-state index in [1.807, 2.05) is 4.90 Å². The van der Waals surface area contributed by atoms with Crippen molar-refractivity contribution in [3.05, 3.63) is 33.8 Å². The number of benzene rings is 1. The van der Waals surface area contributed by atoms with Crippen LogP contribution in [0.25, 0.3) is 0 Å². The summed E-state index contributed by atoms with van der Waals surface area (Å²) in [5, 5.41) is 3.92. The van der Waals surface area contributed by atoms with Crippen molar-refractivity contribution in [3.63, 3.8) is 0 Å². The van der Waals surface area contributed by atoms with Gasteiger partial charge in [-0.15, -0.1) is 0 Å². The highest BCUT2D eigenvalue weighted by atomic mass is 35.5. The molecule has 1 N–H and O–H groups in total. The number of halogens is 2. The van der Waals surface area contributed by atoms with E-state index in [0.717, 1.165) is 19.3 Å². The fourth-order valence-electron chi connectivity index (χ4n) is 4.50. The van der Waals surface area contributed by atoms with Crippen LogP contribution >= 0.6 is 23.2 Å². The molecule has 2 aliphatic rings. The van der Waals surface area contributed by atoms with Crippen molar-refractivity contribution < 1.29 is 14.3 Å². The van der Waals surface area contributed by atoms with Crippen LogP contribution in [-0.2, 0) is 9.53 Å². The second-order valence-electron chi connectivity index (χ2n) is 8.08. The van der Waals surface area contributed by atoms with E-state index in [0.29, 0.717) is 60.9 Å². The summed E-state index contributed by atoms with van der Waals surface area (Å²) in [6.07, 6.45) is 5.38. The zero-order valence-electron chi connectivity index (χ0n) is 17.5. The van der Waals surface area contributed by atoms with Crippen LogP contribution in [0.4, 0.5) is 0 Å². The first-order valence-corrected chi connectivity index (χ1v) is 11.5. The molecule has 0 spiro atoms. The third-order valence-corrected chi connectivity index (χ3v) is 6.84. The monoisotopic (exact) mass is 455 g/mol. The average Bonchev–Trinajstić information content (AvgIpc) is 3.28. The maximum atomic E-state index is 13.0. The van der Waals surface area contributed by atoms with E-state index in [1.54, 1.807) is 25.3 Å². The first-order chi connectivity index (χ1) is 14.5. The van der Waals surface area contributed by atoms with Crippen molar-refractivity contribution in [1.29, 1.82) is 0 Å². The van der Waals surface area contributed by atoms with Gasteiger partial charge in [-0.2, -0.15) is 0 Å². The molecule has 8 heteroatoms. The highest BCUT2D eigenvalue weighted by molar-refractivity contribution is 6.42. The normalized spacial score (nSPS) is 19.1. The molecule has 0 radical (unpaired) electrons. The largest absolute Gasteiger partial charge is 0.385 e. The Morgan fingerprint density at radius 2 is 1.83 bits per heavy atom. The molecular formula is C22H31Cl2N3O3. The molecule has 1 saturated carbocycles. The number of rotatable bonds is 8. The highest BCUT2D eigenvalue weighted by Gasteiger charge is 2.37. The van der Waals surface area contributed by atoms with E-state index in [2.05, 4.69) is 10.2 Å². The van der Waals surface area contributed by atoms with Gasteiger partial charge >= 0.3 is 0 Å². The van der Waals surface area contributed by atoms with Gasteiger partial charge in [0.25, 0.3) is 5.91 Å². The van der Waals surface area contributed by atoms with Gasteiger partial charge in [-0.3, -0.25) is 14.5 Å². The summed E-state index contributed by atoms with van der Waals surface area (Å²) in [7, 11) is 1.67. The fraction of sp³-hybridized carbons (Fsp3) is 0.636. The van der Waals surface area contributed by atoms with Crippen LogP contribution in [0.15, 0.2) is 18.2 Å². The molecule has 3 rings (SSSR count). The van der Waals surface area contributed by atoms with Gasteiger partial charge in [0.05, 0.1) is 16.1 Å². The molecule has 1 unspecified atom stereocenters. The predicted molar refractivity (Wildman–Crippen MR) is 119 cm³/mol. The number of piperazine rings is 1. The fourth-order valence-corrected chi connectivity index (χ4v) is 4.80. The summed E-state index contributed by atoms with van der Waals surface area (Å²) < 4.78 is 5.07. The third kappa shape index (κ3) is 5.88. The van der Waals surface area contributed by atoms with E-state index in [-0.39, 0.29) is 17.9 Å². The number of hydrogen-bond acceptors (Lipinski definition) is 4. The average molecular weight is 456 g/mol. The van der Waals surface area contributed by atoms with Gasteiger partial charge in [-0.1, -0.05) is 36.0 Å². The van der Waals surface area contributed by atoms with Crippen LogP contribution in [0, 0.1) is 5.92 Å². The third-order valence-electron chi connectivity index (χ3n) is 6.10. The van der Waals surface area contributed by atoms with E-state index < -0.39 is 0 Å². The number of hydrogen-bond donors (Lipinski definition) is 1. The van der Waals surface area contributed by atoms with Gasteiger partial charge in [0.15, 0.2) is 0 Å². The Bertz CT molecular complexity index is 732. The molecule has 1 aliphatic heterocycles. The number of ether oxygens (including phenoxy) is 1. The van der Waals surface area contributed by atoms with Gasteiger partial charge in [0, 0.05) is 52.0 Å². The maximum absolute atomic E-state index is 13.0. The smallest absolute Gasteiger partial charge is 0.253 e. The maximum Gasteiger partial charge on any atom is 0.253 e. The lowest BCUT2D eigenvalue weighted by atomic mass is 9.95. The molecule has 1 aromatic carbocycles. The highest BCUT2D eigenvalue weighted by Crippen LogP contribution is 2.31. The molecule has 0 bridgehead atoms. The molecule has 0 aromatic heterocycles. The zero-order valence-corrected chi connectivity index (χ0v) is 19.1. The van der Waals surface area contributed by atoms with Gasteiger partial charge < -0.3 is 15.0 Å². The summed E-state index contributed by atoms with van der Waals surface area (Å²) >= 11 is 12.0. The van der Waals surface area contributed by atoms with E-state index in [4.69, 9.17) is 27.9 Å². The van der Waals surface area contributed by atoms with Crippen LogP contribution in [-0.4, -0.2) is 74.1 Å². The Morgan fingerprint density at radius 1 is 1.13 bits per heavy atom. The number of nitrogens with zero attached hydrogens (tertiary/aromatic N) is 2. The molecule has 1 atom stereocenters. The minimum absolute atomic E-state index is 0.0466. The van der Waals surface area contributed by atoms with Crippen molar-refractivity contribution in [2.24, 2.45) is 5.92 Å². The van der Waals surface area contributed by atoms with Gasteiger partial charge in [0.1, 0.15) is 0 Å². The summed E-state index contributed by atoms with van der Waals surface area (Å²) in [4.78, 5) is 29.9. The minimum atomic E-state index is -0.114. The van der Waals surface area contributed by atoms with Gasteiger partial charge in [-0.25, -0.2) is 0 Å². The van der Waals surface area contributed by atoms with E-state index >= 15 is 0 Å². The molecule has 2 fully saturated rings. The quantitative estimate of drug-likeness (QED) is 0.609. The summed E-state index contributed by atoms with van der Waals surface area (Å²) in [5.41, 5.74) is 0.543. The van der Waals surface area contributed by atoms with Crippen molar-refractivity contribution in [2.45, 2.75) is 38.1 Å². The minimum Gasteiger partial charge on any atom is -0.385 e. The Labute approximate surface area is 188 Å². The lowest BCUT2D eigenvalue weighted by Gasteiger charge is -2.40. The second kappa shape index (κ2) is 11.3. The lowest BCUT2D eigenvalue weighted by Crippen LogP contribution is -2.58. The predicted octanol–water partition coefficient (Wildman–Crippen LogP) is 3.46. The number of carbonyl (C=O) groups is 2. The van der Waals surface area contributed by atoms with Crippen molar-refractivity contribution in [3.8, 4) is 0 Å². The molecule has 6 nitrogen and oxygen atoms in total. The standard InChI is InChI=1S/C22H31Cl2N3O3/c1-30-14-4-9-25-21(28)20(16-5-2-3-6-16)26-10-12-27(13-11-26)22(29)17-7-8-18(23)19(24)15-17/h7-8,15-16,20H,2-6,9-14H2,1H3,(H,25,28). The molecule has 30 heavy (non-hydrogen) atoms. The molecule has 1 saturated heterocycles. The molecule has 166 valence electrons. The van der Waals surface area contributed by atoms with Crippen LogP contribution in [0.1, 0.15) is 42.5 Å². The Kier molecular flexibility index (Phi) is 8.81. The second-order valence-corrected chi connectivity index (χ2v) is 8.90.